The molecule has 15 heavy (non-hydrogen) atoms. The van der Waals surface area contributed by atoms with Crippen LogP contribution < -0.4 is 5.32 Å². The summed E-state index contributed by atoms with van der Waals surface area (Å²) in [7, 11) is 0. The van der Waals surface area contributed by atoms with Crippen LogP contribution in [0.2, 0.25) is 0 Å². The zero-order valence-corrected chi connectivity index (χ0v) is 11.2. The van der Waals surface area contributed by atoms with Gasteiger partial charge in [0.25, 0.3) is 0 Å². The predicted molar refractivity (Wildman–Crippen MR) is 69.6 cm³/mol. The molecule has 0 aliphatic carbocycles. The Morgan fingerprint density at radius 2 is 1.93 bits per heavy atom. The highest BCUT2D eigenvalue weighted by Crippen LogP contribution is 2.20. The Balaban J connectivity index is 2.31. The lowest BCUT2D eigenvalue weighted by atomic mass is 10.0. The molecular formula is C13H23NS. The van der Waals surface area contributed by atoms with Crippen LogP contribution in [-0.2, 0) is 6.54 Å². The lowest BCUT2D eigenvalue weighted by molar-refractivity contribution is 0.450. The third kappa shape index (κ3) is 3.96. The molecule has 0 unspecified atom stereocenters. The summed E-state index contributed by atoms with van der Waals surface area (Å²) in [5.74, 6) is 0.840. The normalized spacial score (nSPS) is 11.3. The molecule has 1 N–H and O–H groups in total. The van der Waals surface area contributed by atoms with Crippen molar-refractivity contribution in [3.63, 3.8) is 0 Å². The molecule has 2 heteroatoms. The summed E-state index contributed by atoms with van der Waals surface area (Å²) in [6, 6.07) is 2.31. The van der Waals surface area contributed by atoms with Crippen LogP contribution in [0.1, 0.15) is 42.0 Å². The van der Waals surface area contributed by atoms with Gasteiger partial charge in [-0.05, 0) is 37.9 Å². The molecule has 0 saturated heterocycles. The van der Waals surface area contributed by atoms with Crippen molar-refractivity contribution in [3.8, 4) is 0 Å². The van der Waals surface area contributed by atoms with Crippen LogP contribution in [0.25, 0.3) is 0 Å². The van der Waals surface area contributed by atoms with Crippen molar-refractivity contribution in [2.75, 3.05) is 6.54 Å². The van der Waals surface area contributed by atoms with Crippen molar-refractivity contribution in [1.29, 1.82) is 0 Å². The standard InChI is InChI=1S/C13H23NS/c1-5-12(6-2)8-14-9-13-7-10(3)11(4)15-13/h7,12,14H,5-6,8-9H2,1-4H3. The first kappa shape index (κ1) is 12.7. The Labute approximate surface area is 97.9 Å². The average Bonchev–Trinajstić information content (AvgIpc) is 2.53. The molecule has 0 saturated carbocycles. The first-order valence-corrected chi connectivity index (χ1v) is 6.75. The van der Waals surface area contributed by atoms with Crippen molar-refractivity contribution in [1.82, 2.24) is 5.32 Å². The van der Waals surface area contributed by atoms with Crippen LogP contribution in [-0.4, -0.2) is 6.54 Å². The maximum absolute atomic E-state index is 3.55. The number of rotatable bonds is 6. The van der Waals surface area contributed by atoms with Crippen LogP contribution in [0.3, 0.4) is 0 Å². The average molecular weight is 225 g/mol. The van der Waals surface area contributed by atoms with E-state index in [1.807, 2.05) is 11.3 Å². The molecular weight excluding hydrogens is 202 g/mol. The predicted octanol–water partition coefficient (Wildman–Crippen LogP) is 3.89. The molecule has 0 aromatic carbocycles. The molecule has 0 atom stereocenters. The Hall–Kier alpha value is -0.340. The second-order valence-corrected chi connectivity index (χ2v) is 5.61. The molecule has 0 fully saturated rings. The van der Waals surface area contributed by atoms with E-state index in [0.717, 1.165) is 19.0 Å². The number of hydrogen-bond donors (Lipinski definition) is 1. The van der Waals surface area contributed by atoms with E-state index < -0.39 is 0 Å². The molecule has 0 radical (unpaired) electrons. The molecule has 1 aromatic rings. The Morgan fingerprint density at radius 3 is 2.40 bits per heavy atom. The van der Waals surface area contributed by atoms with E-state index in [0.29, 0.717) is 0 Å². The summed E-state index contributed by atoms with van der Waals surface area (Å²) in [4.78, 5) is 2.92. The molecule has 0 spiro atoms. The minimum absolute atomic E-state index is 0.840. The van der Waals surface area contributed by atoms with E-state index >= 15 is 0 Å². The van der Waals surface area contributed by atoms with Gasteiger partial charge >= 0.3 is 0 Å². The highest BCUT2D eigenvalue weighted by molar-refractivity contribution is 7.12. The van der Waals surface area contributed by atoms with Crippen LogP contribution in [0, 0.1) is 19.8 Å². The number of nitrogens with one attached hydrogen (secondary N) is 1. The monoisotopic (exact) mass is 225 g/mol. The fourth-order valence-corrected chi connectivity index (χ4v) is 2.74. The van der Waals surface area contributed by atoms with Crippen molar-refractivity contribution in [3.05, 3.63) is 21.4 Å². The number of hydrogen-bond acceptors (Lipinski definition) is 2. The summed E-state index contributed by atoms with van der Waals surface area (Å²) < 4.78 is 0. The number of thiophene rings is 1. The zero-order chi connectivity index (χ0) is 11.3. The van der Waals surface area contributed by atoms with E-state index in [9.17, 15) is 0 Å². The SMILES string of the molecule is CCC(CC)CNCc1cc(C)c(C)s1. The quantitative estimate of drug-likeness (QED) is 0.774. The molecule has 1 nitrogen and oxygen atoms in total. The van der Waals surface area contributed by atoms with Gasteiger partial charge in [0.05, 0.1) is 0 Å². The van der Waals surface area contributed by atoms with Crippen LogP contribution in [0.5, 0.6) is 0 Å². The Morgan fingerprint density at radius 1 is 1.27 bits per heavy atom. The van der Waals surface area contributed by atoms with Gasteiger partial charge < -0.3 is 5.32 Å². The highest BCUT2D eigenvalue weighted by atomic mass is 32.1. The molecule has 1 aromatic heterocycles. The van der Waals surface area contributed by atoms with Gasteiger partial charge in [-0.15, -0.1) is 11.3 Å². The third-order valence-corrected chi connectivity index (χ3v) is 4.26. The molecule has 1 rings (SSSR count). The van der Waals surface area contributed by atoms with Gasteiger partial charge in [-0.3, -0.25) is 0 Å². The van der Waals surface area contributed by atoms with Crippen LogP contribution in [0.4, 0.5) is 0 Å². The van der Waals surface area contributed by atoms with E-state index in [4.69, 9.17) is 0 Å². The molecule has 0 bridgehead atoms. The maximum Gasteiger partial charge on any atom is 0.0300 e. The van der Waals surface area contributed by atoms with Gasteiger partial charge in [-0.1, -0.05) is 26.7 Å². The number of aryl methyl sites for hydroxylation is 2. The smallest absolute Gasteiger partial charge is 0.0300 e. The lowest BCUT2D eigenvalue weighted by Crippen LogP contribution is -2.21. The van der Waals surface area contributed by atoms with Gasteiger partial charge in [-0.25, -0.2) is 0 Å². The second-order valence-electron chi connectivity index (χ2n) is 4.27. The van der Waals surface area contributed by atoms with E-state index in [1.54, 1.807) is 0 Å². The first-order chi connectivity index (χ1) is 7.17. The van der Waals surface area contributed by atoms with E-state index in [2.05, 4.69) is 39.1 Å². The van der Waals surface area contributed by atoms with Crippen LogP contribution in [0.15, 0.2) is 6.07 Å². The van der Waals surface area contributed by atoms with Crippen molar-refractivity contribution in [2.24, 2.45) is 5.92 Å². The lowest BCUT2D eigenvalue weighted by Gasteiger charge is -2.12. The molecule has 1 heterocycles. The first-order valence-electron chi connectivity index (χ1n) is 5.94. The van der Waals surface area contributed by atoms with Crippen LogP contribution >= 0.6 is 11.3 Å². The zero-order valence-electron chi connectivity index (χ0n) is 10.4. The second kappa shape index (κ2) is 6.29. The summed E-state index contributed by atoms with van der Waals surface area (Å²) >= 11 is 1.92. The summed E-state index contributed by atoms with van der Waals surface area (Å²) in [5, 5.41) is 3.55. The minimum atomic E-state index is 0.840. The fraction of sp³-hybridized carbons (Fsp3) is 0.692. The fourth-order valence-electron chi connectivity index (χ4n) is 1.71. The Bertz CT molecular complexity index is 267. The largest absolute Gasteiger partial charge is 0.312 e. The molecule has 86 valence electrons. The van der Waals surface area contributed by atoms with E-state index in [1.165, 1.54) is 28.2 Å². The van der Waals surface area contributed by atoms with E-state index in [-0.39, 0.29) is 0 Å². The summed E-state index contributed by atoms with van der Waals surface area (Å²) in [5.41, 5.74) is 1.43. The molecule has 0 amide bonds. The summed E-state index contributed by atoms with van der Waals surface area (Å²) in [6.07, 6.45) is 2.57. The van der Waals surface area contributed by atoms with Gasteiger partial charge in [-0.2, -0.15) is 0 Å². The maximum atomic E-state index is 3.55. The minimum Gasteiger partial charge on any atom is -0.312 e. The van der Waals surface area contributed by atoms with Crippen molar-refractivity contribution >= 4 is 11.3 Å². The van der Waals surface area contributed by atoms with Gasteiger partial charge in [0, 0.05) is 16.3 Å². The molecule has 0 aliphatic rings. The Kier molecular flexibility index (Phi) is 5.34. The van der Waals surface area contributed by atoms with Crippen molar-refractivity contribution in [2.45, 2.75) is 47.1 Å². The van der Waals surface area contributed by atoms with Gasteiger partial charge in [0.15, 0.2) is 0 Å². The van der Waals surface area contributed by atoms with Crippen molar-refractivity contribution < 1.29 is 0 Å². The third-order valence-electron chi connectivity index (χ3n) is 3.10. The van der Waals surface area contributed by atoms with Gasteiger partial charge in [0.1, 0.15) is 0 Å². The summed E-state index contributed by atoms with van der Waals surface area (Å²) in [6.45, 7) is 11.1. The molecule has 0 aliphatic heterocycles. The highest BCUT2D eigenvalue weighted by Gasteiger charge is 2.04. The topological polar surface area (TPSA) is 12.0 Å². The van der Waals surface area contributed by atoms with Gasteiger partial charge in [0.2, 0.25) is 0 Å².